The predicted molar refractivity (Wildman–Crippen MR) is 137 cm³/mol. The van der Waals surface area contributed by atoms with Gasteiger partial charge in [0.15, 0.2) is 11.5 Å². The number of fused-ring (bicyclic) bond motifs is 1. The van der Waals surface area contributed by atoms with Gasteiger partial charge < -0.3 is 5.73 Å². The summed E-state index contributed by atoms with van der Waals surface area (Å²) in [5, 5.41) is 12.3. The Morgan fingerprint density at radius 3 is 2.32 bits per heavy atom. The van der Waals surface area contributed by atoms with E-state index in [1.807, 2.05) is 0 Å². The Morgan fingerprint density at radius 1 is 1.00 bits per heavy atom. The Hall–Kier alpha value is -3.33. The van der Waals surface area contributed by atoms with Crippen LogP contribution >= 0.6 is 11.3 Å². The summed E-state index contributed by atoms with van der Waals surface area (Å²) in [4.78, 5) is 2.94. The van der Waals surface area contributed by atoms with E-state index in [-0.39, 0.29) is 33.8 Å². The van der Waals surface area contributed by atoms with Crippen molar-refractivity contribution >= 4 is 68.4 Å². The van der Waals surface area contributed by atoms with Crippen molar-refractivity contribution in [2.75, 3.05) is 12.3 Å². The average molecular weight is 602 g/mol. The van der Waals surface area contributed by atoms with Gasteiger partial charge in [0.05, 0.1) is 31.4 Å². The van der Waals surface area contributed by atoms with Gasteiger partial charge in [-0.2, -0.15) is 21.9 Å². The molecule has 4 rings (SSSR count). The van der Waals surface area contributed by atoms with Gasteiger partial charge >= 0.3 is 0 Å². The summed E-state index contributed by atoms with van der Waals surface area (Å²) in [5.41, 5.74) is 6.27. The van der Waals surface area contributed by atoms with Crippen LogP contribution in [0.1, 0.15) is 12.6 Å². The highest BCUT2D eigenvalue weighted by molar-refractivity contribution is 7.89. The number of nitrogens with one attached hydrogen (secondary N) is 1. The third-order valence-electron chi connectivity index (χ3n) is 5.03. The van der Waals surface area contributed by atoms with Crippen LogP contribution in [0.15, 0.2) is 61.3 Å². The molecule has 0 aliphatic carbocycles. The highest BCUT2D eigenvalue weighted by Crippen LogP contribution is 2.35. The van der Waals surface area contributed by atoms with Crippen LogP contribution < -0.4 is 10.5 Å². The Labute approximate surface area is 220 Å². The normalized spacial score (nSPS) is 13.1. The van der Waals surface area contributed by atoms with Crippen molar-refractivity contribution < 1.29 is 34.4 Å². The molecular weight excluding hydrogens is 583 g/mol. The Bertz CT molecular complexity index is 1930. The van der Waals surface area contributed by atoms with Crippen molar-refractivity contribution in [2.45, 2.75) is 28.5 Å². The molecule has 0 atom stereocenters. The van der Waals surface area contributed by atoms with Crippen LogP contribution in [0, 0.1) is 6.92 Å². The van der Waals surface area contributed by atoms with Gasteiger partial charge in [0.2, 0.25) is 15.2 Å². The quantitative estimate of drug-likeness (QED) is 0.169. The van der Waals surface area contributed by atoms with Crippen molar-refractivity contribution in [1.82, 2.24) is 19.5 Å². The van der Waals surface area contributed by atoms with Crippen LogP contribution in [0.3, 0.4) is 0 Å². The largest absolute Gasteiger partial charge is 0.382 e. The first kappa shape index (κ1) is 27.7. The number of sulfonamides is 1. The van der Waals surface area contributed by atoms with E-state index in [0.717, 1.165) is 34.2 Å². The number of benzene rings is 2. The SMILES string of the molecule is CCNS(=O)(=O)c1ccc2nc(N=Nc3c(C)nn(-c4cc(S(=O)(=O)O)ccc4S(=O)(=O)O)c3N)sc2c1. The maximum atomic E-state index is 12.3. The zero-order valence-corrected chi connectivity index (χ0v) is 22.7. The number of nitrogen functional groups attached to an aromatic ring is 1. The Balaban J connectivity index is 1.76. The number of hydrogen-bond acceptors (Lipinski definition) is 12. The van der Waals surface area contributed by atoms with Gasteiger partial charge in [-0.1, -0.05) is 18.3 Å². The fraction of sp³-hybridized carbons (Fsp3) is 0.158. The van der Waals surface area contributed by atoms with E-state index in [0.29, 0.717) is 10.2 Å². The lowest BCUT2D eigenvalue weighted by Gasteiger charge is -2.10. The fourth-order valence-corrected chi connectivity index (χ4v) is 6.47. The molecule has 19 heteroatoms. The molecule has 0 fully saturated rings. The van der Waals surface area contributed by atoms with Gasteiger partial charge in [0.1, 0.15) is 4.90 Å². The fourth-order valence-electron chi connectivity index (χ4n) is 3.35. The number of aryl methyl sites for hydroxylation is 1. The van der Waals surface area contributed by atoms with E-state index in [4.69, 9.17) is 5.73 Å². The minimum atomic E-state index is -4.85. The predicted octanol–water partition coefficient (Wildman–Crippen LogP) is 2.58. The lowest BCUT2D eigenvalue weighted by Crippen LogP contribution is -2.22. The first-order valence-corrected chi connectivity index (χ1v) is 15.6. The second kappa shape index (κ2) is 9.76. The minimum absolute atomic E-state index is 0.0155. The molecule has 202 valence electrons. The summed E-state index contributed by atoms with van der Waals surface area (Å²) in [6, 6.07) is 6.70. The molecule has 0 saturated carbocycles. The number of nitrogens with zero attached hydrogens (tertiary/aromatic N) is 5. The van der Waals surface area contributed by atoms with Crippen molar-refractivity contribution in [2.24, 2.45) is 10.2 Å². The molecular formula is C19H19N7O8S4. The van der Waals surface area contributed by atoms with E-state index < -0.39 is 45.7 Å². The van der Waals surface area contributed by atoms with Gasteiger partial charge in [-0.3, -0.25) is 9.11 Å². The number of anilines is 1. The standard InChI is InChI=1S/C19H19N7O8S4/c1-3-21-36(27,28)11-4-6-13-15(9-11)35-19(22-13)24-23-17-10(2)25-26(18(17)20)14-8-12(37(29,30)31)5-7-16(14)38(32,33)34/h4-9,21H,3,20H2,1-2H3,(H,29,30,31)(H,32,33,34). The van der Waals surface area contributed by atoms with E-state index in [1.54, 1.807) is 6.92 Å². The first-order valence-electron chi connectivity index (χ1n) is 10.4. The number of aromatic nitrogens is 3. The van der Waals surface area contributed by atoms with Crippen molar-refractivity contribution in [3.05, 3.63) is 42.1 Å². The maximum absolute atomic E-state index is 12.3. The van der Waals surface area contributed by atoms with Crippen LogP contribution in [-0.4, -0.2) is 55.7 Å². The van der Waals surface area contributed by atoms with Gasteiger partial charge in [0, 0.05) is 6.54 Å². The smallest absolute Gasteiger partial charge is 0.296 e. The van der Waals surface area contributed by atoms with Gasteiger partial charge in [-0.05, 0) is 43.3 Å². The Morgan fingerprint density at radius 2 is 1.68 bits per heavy atom. The molecule has 0 unspecified atom stereocenters. The molecule has 4 aromatic rings. The molecule has 15 nitrogen and oxygen atoms in total. The molecule has 5 N–H and O–H groups in total. The molecule has 2 heterocycles. The summed E-state index contributed by atoms with van der Waals surface area (Å²) < 4.78 is 94.2. The highest BCUT2D eigenvalue weighted by Gasteiger charge is 2.24. The molecule has 0 spiro atoms. The van der Waals surface area contributed by atoms with Crippen molar-refractivity contribution in [3.8, 4) is 5.69 Å². The van der Waals surface area contributed by atoms with E-state index >= 15 is 0 Å². The molecule has 0 bridgehead atoms. The third kappa shape index (κ3) is 5.43. The van der Waals surface area contributed by atoms with Crippen LogP contribution in [0.4, 0.5) is 16.6 Å². The number of nitrogens with two attached hydrogens (primary N) is 1. The lowest BCUT2D eigenvalue weighted by atomic mass is 10.3. The summed E-state index contributed by atoms with van der Waals surface area (Å²) in [6.07, 6.45) is 0. The minimum Gasteiger partial charge on any atom is -0.382 e. The van der Waals surface area contributed by atoms with Crippen LogP contribution in [0.25, 0.3) is 15.9 Å². The molecule has 0 amide bonds. The molecule has 2 aromatic heterocycles. The molecule has 2 aromatic carbocycles. The highest BCUT2D eigenvalue weighted by atomic mass is 32.2. The molecule has 0 aliphatic rings. The summed E-state index contributed by atoms with van der Waals surface area (Å²) in [7, 11) is -13.3. The number of azo groups is 1. The monoisotopic (exact) mass is 601 g/mol. The first-order chi connectivity index (χ1) is 17.6. The van der Waals surface area contributed by atoms with Crippen LogP contribution in [0.5, 0.6) is 0 Å². The van der Waals surface area contributed by atoms with Crippen LogP contribution in [0.2, 0.25) is 0 Å². The zero-order chi connectivity index (χ0) is 28.0. The lowest BCUT2D eigenvalue weighted by molar-refractivity contribution is 0.477. The topological polar surface area (TPSA) is 236 Å². The summed E-state index contributed by atoms with van der Waals surface area (Å²) in [6.45, 7) is 3.35. The second-order valence-electron chi connectivity index (χ2n) is 7.64. The summed E-state index contributed by atoms with van der Waals surface area (Å²) >= 11 is 1.05. The van der Waals surface area contributed by atoms with Crippen molar-refractivity contribution in [1.29, 1.82) is 0 Å². The van der Waals surface area contributed by atoms with Gasteiger partial charge in [-0.15, -0.1) is 10.2 Å². The average Bonchev–Trinajstić information content (AvgIpc) is 3.35. The molecule has 0 aliphatic heterocycles. The molecule has 38 heavy (non-hydrogen) atoms. The Kier molecular flexibility index (Phi) is 7.12. The summed E-state index contributed by atoms with van der Waals surface area (Å²) in [5.74, 6) is -0.260. The molecule has 0 radical (unpaired) electrons. The third-order valence-corrected chi connectivity index (χ3v) is 9.22. The second-order valence-corrected chi connectivity index (χ2v) is 13.2. The van der Waals surface area contributed by atoms with E-state index in [9.17, 15) is 34.4 Å². The van der Waals surface area contributed by atoms with Gasteiger partial charge in [-0.25, -0.2) is 22.8 Å². The zero-order valence-electron chi connectivity index (χ0n) is 19.5. The van der Waals surface area contributed by atoms with Crippen LogP contribution in [-0.2, 0) is 30.3 Å². The van der Waals surface area contributed by atoms with E-state index in [2.05, 4.69) is 25.0 Å². The van der Waals surface area contributed by atoms with Gasteiger partial charge in [0.25, 0.3) is 20.2 Å². The molecule has 0 saturated heterocycles. The number of hydrogen-bond donors (Lipinski definition) is 4. The number of rotatable bonds is 8. The van der Waals surface area contributed by atoms with E-state index in [1.165, 1.54) is 25.1 Å². The maximum Gasteiger partial charge on any atom is 0.296 e. The van der Waals surface area contributed by atoms with Crippen molar-refractivity contribution in [3.63, 3.8) is 0 Å². The number of thiazole rings is 1.